The number of hydrogen-bond donors (Lipinski definition) is 3. The van der Waals surface area contributed by atoms with Crippen LogP contribution in [-0.4, -0.2) is 89.8 Å². The Kier molecular flexibility index (Phi) is 8.39. The Morgan fingerprint density at radius 3 is 2.24 bits per heavy atom. The van der Waals surface area contributed by atoms with Gasteiger partial charge in [0.25, 0.3) is 5.92 Å². The SMILES string of the molecule is CC(C)(O)[C@@H]1CC[C@@](C)([C@H]2[C@@H](O)C[C@@]3(C)[C@@H]4C[C@H](OC(=O)COCCOCCO)[C@H]5C(C)(C)C(F)(F)CC[C@@]56C[C@@]46CC[C@]23C)O1. The molecule has 0 bridgehead atoms. The summed E-state index contributed by atoms with van der Waals surface area (Å²) in [6.45, 7) is 13.8. The number of halogens is 2. The zero-order chi connectivity index (χ0) is 33.8. The van der Waals surface area contributed by atoms with Crippen molar-refractivity contribution in [2.75, 3.05) is 33.0 Å². The maximum Gasteiger partial charge on any atom is 0.332 e. The van der Waals surface area contributed by atoms with Gasteiger partial charge in [-0.15, -0.1) is 0 Å². The standard InChI is InChI=1S/C36H58F2O8/c1-29(2)28-23(45-26(41)20-44-17-16-43-15-14-39)18-24-32(6)19-22(40)27(33(7)9-8-25(46-33)30(3,4)42)31(32,5)10-11-34(24)21-35(28,34)12-13-36(29,37)38/h22-25,27-28,39-40,42H,8-21H2,1-7H3/t22-,23-,24-,25-,27-,28-,31+,32-,33-,34-,35+/m0/s1. The Labute approximate surface area is 273 Å². The molecule has 6 rings (SSSR count). The van der Waals surface area contributed by atoms with E-state index >= 15 is 8.78 Å². The first-order chi connectivity index (χ1) is 21.2. The van der Waals surface area contributed by atoms with Crippen LogP contribution in [0.3, 0.4) is 0 Å². The quantitative estimate of drug-likeness (QED) is 0.215. The predicted octanol–water partition coefficient (Wildman–Crippen LogP) is 5.29. The Bertz CT molecular complexity index is 1190. The highest BCUT2D eigenvalue weighted by molar-refractivity contribution is 5.71. The van der Waals surface area contributed by atoms with Gasteiger partial charge in [0.05, 0.1) is 49.8 Å². The molecule has 0 aromatic heterocycles. The molecule has 1 heterocycles. The van der Waals surface area contributed by atoms with Crippen molar-refractivity contribution < 1.29 is 47.8 Å². The monoisotopic (exact) mass is 656 g/mol. The molecule has 8 nitrogen and oxygen atoms in total. The third-order valence-electron chi connectivity index (χ3n) is 14.9. The van der Waals surface area contributed by atoms with E-state index in [9.17, 15) is 15.0 Å². The van der Waals surface area contributed by atoms with Gasteiger partial charge in [-0.2, -0.15) is 0 Å². The molecular formula is C36H58F2O8. The average molecular weight is 657 g/mol. The zero-order valence-corrected chi connectivity index (χ0v) is 29.0. The Balaban J connectivity index is 1.30. The van der Waals surface area contributed by atoms with Crippen molar-refractivity contribution in [3.05, 3.63) is 0 Å². The molecule has 5 saturated carbocycles. The van der Waals surface area contributed by atoms with E-state index in [1.807, 2.05) is 0 Å². The Morgan fingerprint density at radius 2 is 1.59 bits per heavy atom. The van der Waals surface area contributed by atoms with E-state index in [4.69, 9.17) is 24.1 Å². The number of rotatable bonds is 10. The van der Waals surface area contributed by atoms with E-state index < -0.39 is 46.6 Å². The maximum atomic E-state index is 15.7. The van der Waals surface area contributed by atoms with Gasteiger partial charge in [-0.25, -0.2) is 13.6 Å². The van der Waals surface area contributed by atoms with Crippen molar-refractivity contribution in [2.24, 2.45) is 44.8 Å². The first-order valence-electron chi connectivity index (χ1n) is 17.7. The van der Waals surface area contributed by atoms with Gasteiger partial charge in [0.15, 0.2) is 0 Å². The molecule has 264 valence electrons. The number of aliphatic hydroxyl groups is 3. The fraction of sp³-hybridized carbons (Fsp3) is 0.972. The minimum atomic E-state index is -2.88. The normalized spacial score (nSPS) is 48.6. The van der Waals surface area contributed by atoms with Crippen LogP contribution in [0.25, 0.3) is 0 Å². The van der Waals surface area contributed by atoms with Crippen molar-refractivity contribution in [1.82, 2.24) is 0 Å². The van der Waals surface area contributed by atoms with Crippen LogP contribution in [-0.2, 0) is 23.7 Å². The summed E-state index contributed by atoms with van der Waals surface area (Å²) >= 11 is 0. The lowest BCUT2D eigenvalue weighted by molar-refractivity contribution is -0.252. The van der Waals surface area contributed by atoms with Crippen LogP contribution in [0.15, 0.2) is 0 Å². The molecule has 0 unspecified atom stereocenters. The molecule has 6 aliphatic rings. The summed E-state index contributed by atoms with van der Waals surface area (Å²) < 4.78 is 55.1. The third kappa shape index (κ3) is 4.80. The fourth-order valence-electron chi connectivity index (χ4n) is 12.8. The highest BCUT2D eigenvalue weighted by atomic mass is 19.3. The maximum absolute atomic E-state index is 15.7. The highest BCUT2D eigenvalue weighted by Gasteiger charge is 2.86. The summed E-state index contributed by atoms with van der Waals surface area (Å²) in [7, 11) is 0. The molecule has 1 aliphatic heterocycles. The van der Waals surface area contributed by atoms with Crippen LogP contribution in [0.2, 0.25) is 0 Å². The minimum Gasteiger partial charge on any atom is -0.460 e. The Hall–Kier alpha value is -0.910. The van der Waals surface area contributed by atoms with Gasteiger partial charge in [-0.3, -0.25) is 0 Å². The number of ether oxygens (including phenoxy) is 4. The van der Waals surface area contributed by atoms with Gasteiger partial charge >= 0.3 is 5.97 Å². The minimum absolute atomic E-state index is 0.0952. The molecule has 0 aromatic rings. The van der Waals surface area contributed by atoms with Crippen LogP contribution >= 0.6 is 0 Å². The Morgan fingerprint density at radius 1 is 0.913 bits per heavy atom. The van der Waals surface area contributed by atoms with E-state index in [1.54, 1.807) is 27.7 Å². The summed E-state index contributed by atoms with van der Waals surface area (Å²) in [6, 6.07) is 0. The average Bonchev–Trinajstić information content (AvgIpc) is 3.32. The largest absolute Gasteiger partial charge is 0.460 e. The van der Waals surface area contributed by atoms with Crippen LogP contribution in [0.5, 0.6) is 0 Å². The molecule has 0 aromatic carbocycles. The second-order valence-electron chi connectivity index (χ2n) is 17.8. The molecular weight excluding hydrogens is 598 g/mol. The van der Waals surface area contributed by atoms with Crippen LogP contribution < -0.4 is 0 Å². The van der Waals surface area contributed by atoms with Crippen molar-refractivity contribution in [2.45, 2.75) is 142 Å². The van der Waals surface area contributed by atoms with Gasteiger partial charge < -0.3 is 34.3 Å². The highest BCUT2D eigenvalue weighted by Crippen LogP contribution is 2.90. The molecule has 3 N–H and O–H groups in total. The van der Waals surface area contributed by atoms with Crippen molar-refractivity contribution in [3.63, 3.8) is 0 Å². The van der Waals surface area contributed by atoms with Gasteiger partial charge in [0.2, 0.25) is 0 Å². The summed E-state index contributed by atoms with van der Waals surface area (Å²) in [5.74, 6) is -3.96. The summed E-state index contributed by atoms with van der Waals surface area (Å²) in [4.78, 5) is 13.2. The van der Waals surface area contributed by atoms with Crippen molar-refractivity contribution in [3.8, 4) is 0 Å². The molecule has 11 atom stereocenters. The molecule has 6 fully saturated rings. The number of hydrogen-bond acceptors (Lipinski definition) is 8. The van der Waals surface area contributed by atoms with Crippen molar-refractivity contribution >= 4 is 5.97 Å². The number of alkyl halides is 2. The number of fused-ring (bicyclic) bond motifs is 2. The number of esters is 1. The summed E-state index contributed by atoms with van der Waals surface area (Å²) in [5, 5.41) is 31.6. The number of carbonyl (C=O) groups is 1. The van der Waals surface area contributed by atoms with Gasteiger partial charge in [-0.05, 0) is 99.7 Å². The number of carbonyl (C=O) groups excluding carboxylic acids is 1. The lowest BCUT2D eigenvalue weighted by atomic mass is 9.41. The molecule has 1 saturated heterocycles. The zero-order valence-electron chi connectivity index (χ0n) is 29.0. The van der Waals surface area contributed by atoms with E-state index in [-0.39, 0.29) is 79.1 Å². The summed E-state index contributed by atoms with van der Waals surface area (Å²) in [5.41, 5.74) is -3.99. The van der Waals surface area contributed by atoms with E-state index in [0.29, 0.717) is 19.3 Å². The summed E-state index contributed by atoms with van der Waals surface area (Å²) in [6.07, 6.45) is 3.89. The topological polar surface area (TPSA) is 115 Å². The first-order valence-corrected chi connectivity index (χ1v) is 17.7. The van der Waals surface area contributed by atoms with E-state index in [2.05, 4.69) is 20.8 Å². The van der Waals surface area contributed by atoms with Gasteiger partial charge in [-0.1, -0.05) is 27.7 Å². The molecule has 46 heavy (non-hydrogen) atoms. The van der Waals surface area contributed by atoms with E-state index in [0.717, 1.165) is 32.1 Å². The molecule has 0 radical (unpaired) electrons. The van der Waals surface area contributed by atoms with Crippen molar-refractivity contribution in [1.29, 1.82) is 0 Å². The molecule has 0 amide bonds. The molecule has 2 spiro atoms. The van der Waals surface area contributed by atoms with Crippen LogP contribution in [0, 0.1) is 44.8 Å². The lowest BCUT2D eigenvalue weighted by Crippen LogP contribution is -2.64. The predicted molar refractivity (Wildman–Crippen MR) is 166 cm³/mol. The third-order valence-corrected chi connectivity index (χ3v) is 14.9. The lowest BCUT2D eigenvalue weighted by Gasteiger charge is -2.65. The molecule has 10 heteroatoms. The van der Waals surface area contributed by atoms with Gasteiger partial charge in [0.1, 0.15) is 12.7 Å². The second kappa shape index (κ2) is 11.0. The second-order valence-corrected chi connectivity index (χ2v) is 17.8. The molecule has 5 aliphatic carbocycles. The van der Waals surface area contributed by atoms with Crippen LogP contribution in [0.4, 0.5) is 8.78 Å². The van der Waals surface area contributed by atoms with Gasteiger partial charge in [0, 0.05) is 23.7 Å². The smallest absolute Gasteiger partial charge is 0.332 e. The van der Waals surface area contributed by atoms with E-state index in [1.165, 1.54) is 0 Å². The fourth-order valence-corrected chi connectivity index (χ4v) is 12.8. The first kappa shape index (κ1) is 34.9. The number of aliphatic hydroxyl groups excluding tert-OH is 2. The van der Waals surface area contributed by atoms with Crippen LogP contribution in [0.1, 0.15) is 106 Å².